The van der Waals surface area contributed by atoms with Crippen molar-refractivity contribution in [3.05, 3.63) is 0 Å². The van der Waals surface area contributed by atoms with Crippen LogP contribution in [0.3, 0.4) is 0 Å². The summed E-state index contributed by atoms with van der Waals surface area (Å²) in [6.07, 6.45) is 2.50. The van der Waals surface area contributed by atoms with Gasteiger partial charge in [0, 0.05) is 26.1 Å². The molecule has 19 heavy (non-hydrogen) atoms. The summed E-state index contributed by atoms with van der Waals surface area (Å²) in [7, 11) is 0. The highest BCUT2D eigenvalue weighted by atomic mass is 16.5. The highest BCUT2D eigenvalue weighted by Crippen LogP contribution is 2.15. The Balaban J connectivity index is 2.20. The number of rotatable bonds is 5. The summed E-state index contributed by atoms with van der Waals surface area (Å²) in [4.78, 5) is 25.1. The highest BCUT2D eigenvalue weighted by Gasteiger charge is 2.20. The lowest BCUT2D eigenvalue weighted by Gasteiger charge is -2.30. The van der Waals surface area contributed by atoms with Crippen LogP contribution in [0.15, 0.2) is 0 Å². The zero-order chi connectivity index (χ0) is 14.3. The zero-order valence-corrected chi connectivity index (χ0v) is 12.3. The lowest BCUT2D eigenvalue weighted by atomic mass is 10.00. The van der Waals surface area contributed by atoms with Crippen molar-refractivity contribution in [3.8, 4) is 0 Å². The number of amides is 2. The highest BCUT2D eigenvalue weighted by molar-refractivity contribution is 5.74. The predicted molar refractivity (Wildman–Crippen MR) is 73.8 cm³/mol. The maximum absolute atomic E-state index is 11.9. The molecule has 5 heteroatoms. The summed E-state index contributed by atoms with van der Waals surface area (Å²) >= 11 is 0. The van der Waals surface area contributed by atoms with Crippen LogP contribution in [-0.4, -0.2) is 43.1 Å². The summed E-state index contributed by atoms with van der Waals surface area (Å²) in [5.41, 5.74) is 0. The summed E-state index contributed by atoms with van der Waals surface area (Å²) < 4.78 is 4.89. The van der Waals surface area contributed by atoms with Gasteiger partial charge in [0.15, 0.2) is 0 Å². The molecule has 5 nitrogen and oxygen atoms in total. The number of urea groups is 1. The fourth-order valence-electron chi connectivity index (χ4n) is 2.16. The summed E-state index contributed by atoms with van der Waals surface area (Å²) in [6, 6.07) is -0.0115. The van der Waals surface area contributed by atoms with Gasteiger partial charge < -0.3 is 15.0 Å². The van der Waals surface area contributed by atoms with Gasteiger partial charge in [0.05, 0.1) is 6.61 Å². The van der Waals surface area contributed by atoms with Crippen LogP contribution in [0.1, 0.15) is 40.0 Å². The number of nitrogens with zero attached hydrogens (tertiary/aromatic N) is 1. The molecule has 1 aliphatic heterocycles. The van der Waals surface area contributed by atoms with E-state index in [0.717, 1.165) is 25.9 Å². The number of carbonyl (C=O) groups excluding carboxylic acids is 2. The van der Waals surface area contributed by atoms with Crippen LogP contribution in [0.5, 0.6) is 0 Å². The van der Waals surface area contributed by atoms with E-state index in [0.29, 0.717) is 25.5 Å². The SMILES string of the molecule is CCOC(=O)C[C@@H](C)CNC(=O)N1CCC(C)CC1. The number of ether oxygens (including phenoxy) is 1. The maximum Gasteiger partial charge on any atom is 0.317 e. The number of carbonyl (C=O) groups is 2. The third kappa shape index (κ3) is 5.94. The Kier molecular flexibility index (Phi) is 6.67. The van der Waals surface area contributed by atoms with E-state index in [-0.39, 0.29) is 17.9 Å². The van der Waals surface area contributed by atoms with Crippen LogP contribution in [-0.2, 0) is 9.53 Å². The molecule has 0 saturated carbocycles. The van der Waals surface area contributed by atoms with Crippen LogP contribution in [0.4, 0.5) is 4.79 Å². The molecule has 1 fully saturated rings. The second-order valence-corrected chi connectivity index (χ2v) is 5.47. The zero-order valence-electron chi connectivity index (χ0n) is 12.3. The number of hydrogen-bond acceptors (Lipinski definition) is 3. The largest absolute Gasteiger partial charge is 0.466 e. The maximum atomic E-state index is 11.9. The molecule has 0 spiro atoms. The number of piperidine rings is 1. The smallest absolute Gasteiger partial charge is 0.317 e. The minimum atomic E-state index is -0.198. The van der Waals surface area contributed by atoms with Gasteiger partial charge in [0.1, 0.15) is 0 Å². The normalized spacial score (nSPS) is 17.9. The Hall–Kier alpha value is -1.26. The average Bonchev–Trinajstić information content (AvgIpc) is 2.37. The quantitative estimate of drug-likeness (QED) is 0.778. The predicted octanol–water partition coefficient (Wildman–Crippen LogP) is 2.02. The molecule has 0 aromatic carbocycles. The van der Waals surface area contributed by atoms with Gasteiger partial charge in [-0.05, 0) is 31.6 Å². The first-order valence-corrected chi connectivity index (χ1v) is 7.21. The third-order valence-electron chi connectivity index (χ3n) is 3.49. The van der Waals surface area contributed by atoms with Crippen molar-refractivity contribution in [2.75, 3.05) is 26.2 Å². The van der Waals surface area contributed by atoms with Crippen molar-refractivity contribution >= 4 is 12.0 Å². The molecule has 1 heterocycles. The molecule has 0 aromatic rings. The molecule has 0 radical (unpaired) electrons. The van der Waals surface area contributed by atoms with Crippen molar-refractivity contribution in [3.63, 3.8) is 0 Å². The van der Waals surface area contributed by atoms with Crippen molar-refractivity contribution in [1.82, 2.24) is 10.2 Å². The van der Waals surface area contributed by atoms with Crippen molar-refractivity contribution < 1.29 is 14.3 Å². The number of nitrogens with one attached hydrogen (secondary N) is 1. The Morgan fingerprint density at radius 2 is 2.00 bits per heavy atom. The molecule has 1 aliphatic rings. The second-order valence-electron chi connectivity index (χ2n) is 5.47. The first kappa shape index (κ1) is 15.8. The van der Waals surface area contributed by atoms with Crippen molar-refractivity contribution in [1.29, 1.82) is 0 Å². The van der Waals surface area contributed by atoms with Gasteiger partial charge in [-0.2, -0.15) is 0 Å². The molecule has 0 bridgehead atoms. The lowest BCUT2D eigenvalue weighted by molar-refractivity contribution is -0.144. The molecule has 1 atom stereocenters. The summed E-state index contributed by atoms with van der Waals surface area (Å²) in [5, 5.41) is 2.89. The van der Waals surface area contributed by atoms with E-state index >= 15 is 0 Å². The molecular formula is C14H26N2O3. The van der Waals surface area contributed by atoms with Gasteiger partial charge in [-0.1, -0.05) is 13.8 Å². The second kappa shape index (κ2) is 8.02. The van der Waals surface area contributed by atoms with Crippen LogP contribution >= 0.6 is 0 Å². The van der Waals surface area contributed by atoms with E-state index in [1.165, 1.54) is 0 Å². The molecule has 0 aliphatic carbocycles. The fraction of sp³-hybridized carbons (Fsp3) is 0.857. The van der Waals surface area contributed by atoms with E-state index in [1.54, 1.807) is 6.92 Å². The van der Waals surface area contributed by atoms with Crippen LogP contribution in [0, 0.1) is 11.8 Å². The molecular weight excluding hydrogens is 244 g/mol. The van der Waals surface area contributed by atoms with Crippen molar-refractivity contribution in [2.24, 2.45) is 11.8 Å². The Morgan fingerprint density at radius 3 is 2.58 bits per heavy atom. The van der Waals surface area contributed by atoms with Gasteiger partial charge in [-0.15, -0.1) is 0 Å². The molecule has 110 valence electrons. The van der Waals surface area contributed by atoms with Gasteiger partial charge in [0.2, 0.25) is 0 Å². The molecule has 1 N–H and O–H groups in total. The fourth-order valence-corrected chi connectivity index (χ4v) is 2.16. The van der Waals surface area contributed by atoms with Gasteiger partial charge >= 0.3 is 12.0 Å². The molecule has 2 amide bonds. The third-order valence-corrected chi connectivity index (χ3v) is 3.49. The van der Waals surface area contributed by atoms with Crippen LogP contribution in [0.25, 0.3) is 0 Å². The van der Waals surface area contributed by atoms with Crippen molar-refractivity contribution in [2.45, 2.75) is 40.0 Å². The summed E-state index contributed by atoms with van der Waals surface area (Å²) in [6.45, 7) is 8.54. The molecule has 1 rings (SSSR count). The number of hydrogen-bond donors (Lipinski definition) is 1. The van der Waals surface area contributed by atoms with E-state index in [9.17, 15) is 9.59 Å². The Labute approximate surface area is 115 Å². The number of esters is 1. The molecule has 1 saturated heterocycles. The number of likely N-dealkylation sites (tertiary alicyclic amines) is 1. The van der Waals surface area contributed by atoms with Gasteiger partial charge in [-0.3, -0.25) is 4.79 Å². The lowest BCUT2D eigenvalue weighted by Crippen LogP contribution is -2.45. The minimum absolute atomic E-state index is 0.0115. The van der Waals surface area contributed by atoms with E-state index in [2.05, 4.69) is 12.2 Å². The summed E-state index contributed by atoms with van der Waals surface area (Å²) in [5.74, 6) is 0.620. The van der Waals surface area contributed by atoms with E-state index < -0.39 is 0 Å². The standard InChI is InChI=1S/C14H26N2O3/c1-4-19-13(17)9-12(3)10-15-14(18)16-7-5-11(2)6-8-16/h11-12H,4-10H2,1-3H3,(H,15,18)/t12-/m1/s1. The van der Waals surface area contributed by atoms with Gasteiger partial charge in [0.25, 0.3) is 0 Å². The monoisotopic (exact) mass is 270 g/mol. The Morgan fingerprint density at radius 1 is 1.37 bits per heavy atom. The minimum Gasteiger partial charge on any atom is -0.466 e. The van der Waals surface area contributed by atoms with E-state index in [4.69, 9.17) is 4.74 Å². The molecule has 0 aromatic heterocycles. The van der Waals surface area contributed by atoms with Gasteiger partial charge in [-0.25, -0.2) is 4.79 Å². The first-order valence-electron chi connectivity index (χ1n) is 7.21. The molecule has 0 unspecified atom stereocenters. The first-order chi connectivity index (χ1) is 9.02. The van der Waals surface area contributed by atoms with Crippen LogP contribution < -0.4 is 5.32 Å². The van der Waals surface area contributed by atoms with E-state index in [1.807, 2.05) is 11.8 Å². The van der Waals surface area contributed by atoms with Crippen LogP contribution in [0.2, 0.25) is 0 Å². The average molecular weight is 270 g/mol. The Bertz CT molecular complexity index is 299. The topological polar surface area (TPSA) is 58.6 Å².